The van der Waals surface area contributed by atoms with E-state index in [1.165, 1.54) is 12.4 Å². The smallest absolute Gasteiger partial charge is 0.370 e. The maximum atomic E-state index is 13.1. The molecule has 0 aromatic carbocycles. The van der Waals surface area contributed by atoms with E-state index in [4.69, 9.17) is 0 Å². The Morgan fingerprint density at radius 1 is 1.12 bits per heavy atom. The lowest BCUT2D eigenvalue weighted by atomic mass is 10.2. The van der Waals surface area contributed by atoms with Gasteiger partial charge in [0.1, 0.15) is 5.82 Å². The number of aryl methyl sites for hydroxylation is 1. The van der Waals surface area contributed by atoms with Gasteiger partial charge < -0.3 is 9.88 Å². The molecular formula is C16H15F3N6. The molecule has 3 aromatic heterocycles. The minimum absolute atomic E-state index is 0.000239. The van der Waals surface area contributed by atoms with Crippen molar-refractivity contribution >= 4 is 5.82 Å². The van der Waals surface area contributed by atoms with Crippen LogP contribution in [0.5, 0.6) is 0 Å². The van der Waals surface area contributed by atoms with Gasteiger partial charge in [0.2, 0.25) is 0 Å². The van der Waals surface area contributed by atoms with Gasteiger partial charge in [-0.05, 0) is 12.1 Å². The Morgan fingerprint density at radius 2 is 1.88 bits per heavy atom. The second-order valence-corrected chi connectivity index (χ2v) is 5.37. The van der Waals surface area contributed by atoms with E-state index in [1.54, 1.807) is 24.7 Å². The summed E-state index contributed by atoms with van der Waals surface area (Å²) in [6, 6.07) is 4.04. The van der Waals surface area contributed by atoms with Crippen molar-refractivity contribution in [3.8, 4) is 11.4 Å². The first-order valence-electron chi connectivity index (χ1n) is 7.49. The zero-order valence-electron chi connectivity index (χ0n) is 13.3. The van der Waals surface area contributed by atoms with Crippen LogP contribution in [0.15, 0.2) is 43.1 Å². The number of anilines is 1. The second kappa shape index (κ2) is 6.88. The number of aromatic nitrogens is 5. The van der Waals surface area contributed by atoms with Crippen LogP contribution in [0.1, 0.15) is 11.4 Å². The van der Waals surface area contributed by atoms with Gasteiger partial charge in [0.15, 0.2) is 11.5 Å². The van der Waals surface area contributed by atoms with E-state index in [0.717, 1.165) is 11.8 Å². The quantitative estimate of drug-likeness (QED) is 0.768. The summed E-state index contributed by atoms with van der Waals surface area (Å²) in [7, 11) is 1.86. The van der Waals surface area contributed by atoms with Crippen molar-refractivity contribution in [1.29, 1.82) is 0 Å². The molecule has 25 heavy (non-hydrogen) atoms. The summed E-state index contributed by atoms with van der Waals surface area (Å²) in [5.74, 6) is 0.122. The molecule has 9 heteroatoms. The molecule has 6 nitrogen and oxygen atoms in total. The van der Waals surface area contributed by atoms with E-state index in [0.29, 0.717) is 18.5 Å². The average Bonchev–Trinajstić information content (AvgIpc) is 3.00. The highest BCUT2D eigenvalue weighted by atomic mass is 19.4. The summed E-state index contributed by atoms with van der Waals surface area (Å²) >= 11 is 0. The zero-order valence-corrected chi connectivity index (χ0v) is 13.3. The highest BCUT2D eigenvalue weighted by molar-refractivity contribution is 5.57. The Morgan fingerprint density at radius 3 is 2.52 bits per heavy atom. The van der Waals surface area contributed by atoms with Crippen LogP contribution in [0, 0.1) is 0 Å². The minimum atomic E-state index is -4.55. The third kappa shape index (κ3) is 4.11. The Hall–Kier alpha value is -2.97. The summed E-state index contributed by atoms with van der Waals surface area (Å²) in [5.41, 5.74) is 0.445. The molecule has 0 saturated heterocycles. The molecule has 0 fully saturated rings. The maximum Gasteiger partial charge on any atom is 0.433 e. The normalized spacial score (nSPS) is 11.5. The number of hydrogen-bond donors (Lipinski definition) is 1. The van der Waals surface area contributed by atoms with E-state index in [1.807, 2.05) is 11.6 Å². The summed E-state index contributed by atoms with van der Waals surface area (Å²) in [5, 5.41) is 2.92. The third-order valence-electron chi connectivity index (χ3n) is 3.56. The lowest BCUT2D eigenvalue weighted by Gasteiger charge is -2.12. The van der Waals surface area contributed by atoms with Crippen molar-refractivity contribution in [3.63, 3.8) is 0 Å². The number of nitrogens with one attached hydrogen (secondary N) is 1. The molecular weight excluding hydrogens is 333 g/mol. The first kappa shape index (κ1) is 16.9. The molecule has 0 aliphatic carbocycles. The van der Waals surface area contributed by atoms with Crippen molar-refractivity contribution in [2.75, 3.05) is 11.9 Å². The van der Waals surface area contributed by atoms with Crippen molar-refractivity contribution in [1.82, 2.24) is 24.5 Å². The summed E-state index contributed by atoms with van der Waals surface area (Å²) < 4.78 is 41.2. The van der Waals surface area contributed by atoms with Crippen LogP contribution in [0.25, 0.3) is 11.4 Å². The Bertz CT molecular complexity index is 845. The molecule has 3 heterocycles. The molecule has 0 aliphatic heterocycles. The van der Waals surface area contributed by atoms with Crippen molar-refractivity contribution in [2.45, 2.75) is 12.6 Å². The van der Waals surface area contributed by atoms with Gasteiger partial charge in [-0.2, -0.15) is 13.2 Å². The highest BCUT2D eigenvalue weighted by Gasteiger charge is 2.33. The van der Waals surface area contributed by atoms with Crippen LogP contribution >= 0.6 is 0 Å². The Labute approximate surface area is 141 Å². The molecule has 0 spiro atoms. The number of halogens is 3. The number of hydrogen-bond acceptors (Lipinski definition) is 5. The minimum Gasteiger partial charge on any atom is -0.370 e. The van der Waals surface area contributed by atoms with Crippen LogP contribution in [-0.4, -0.2) is 31.0 Å². The standard InChI is InChI=1S/C16H15F3N6/c1-25-10-21-9-12(25)4-7-22-14-8-13(16(17,18)19)23-15(24-14)11-2-5-20-6-3-11/h2-3,5-6,8-10H,4,7H2,1H3,(H,22,23,24). The lowest BCUT2D eigenvalue weighted by molar-refractivity contribution is -0.141. The lowest BCUT2D eigenvalue weighted by Crippen LogP contribution is -2.14. The Kier molecular flexibility index (Phi) is 4.64. The van der Waals surface area contributed by atoms with Gasteiger partial charge in [0.05, 0.1) is 6.33 Å². The van der Waals surface area contributed by atoms with Crippen molar-refractivity contribution < 1.29 is 13.2 Å². The maximum absolute atomic E-state index is 13.1. The molecule has 1 N–H and O–H groups in total. The zero-order chi connectivity index (χ0) is 17.9. The van der Waals surface area contributed by atoms with Gasteiger partial charge in [-0.3, -0.25) is 4.98 Å². The second-order valence-electron chi connectivity index (χ2n) is 5.37. The molecule has 3 aromatic rings. The van der Waals surface area contributed by atoms with Gasteiger partial charge in [-0.1, -0.05) is 0 Å². The fraction of sp³-hybridized carbons (Fsp3) is 0.250. The fourth-order valence-electron chi connectivity index (χ4n) is 2.26. The van der Waals surface area contributed by atoms with Gasteiger partial charge >= 0.3 is 6.18 Å². The molecule has 130 valence electrons. The molecule has 0 saturated carbocycles. The third-order valence-corrected chi connectivity index (χ3v) is 3.56. The highest BCUT2D eigenvalue weighted by Crippen LogP contribution is 2.30. The van der Waals surface area contributed by atoms with Crippen LogP contribution in [0.3, 0.4) is 0 Å². The van der Waals surface area contributed by atoms with Gasteiger partial charge in [0, 0.05) is 55.9 Å². The van der Waals surface area contributed by atoms with Crippen molar-refractivity contribution in [2.24, 2.45) is 7.05 Å². The van der Waals surface area contributed by atoms with Crippen LogP contribution in [0.4, 0.5) is 19.0 Å². The molecule has 0 unspecified atom stereocenters. The molecule has 0 bridgehead atoms. The SMILES string of the molecule is Cn1cncc1CCNc1cc(C(F)(F)F)nc(-c2ccncc2)n1. The molecule has 3 rings (SSSR count). The monoisotopic (exact) mass is 348 g/mol. The first-order valence-corrected chi connectivity index (χ1v) is 7.49. The predicted molar refractivity (Wildman–Crippen MR) is 85.7 cm³/mol. The number of pyridine rings is 1. The van der Waals surface area contributed by atoms with E-state index < -0.39 is 11.9 Å². The first-order chi connectivity index (χ1) is 11.9. The van der Waals surface area contributed by atoms with Crippen LogP contribution in [0.2, 0.25) is 0 Å². The number of alkyl halides is 3. The van der Waals surface area contributed by atoms with E-state index in [2.05, 4.69) is 25.3 Å². The van der Waals surface area contributed by atoms with Crippen LogP contribution < -0.4 is 5.32 Å². The van der Waals surface area contributed by atoms with Crippen LogP contribution in [-0.2, 0) is 19.6 Å². The van der Waals surface area contributed by atoms with E-state index >= 15 is 0 Å². The van der Waals surface area contributed by atoms with Gasteiger partial charge in [-0.15, -0.1) is 0 Å². The fourth-order valence-corrected chi connectivity index (χ4v) is 2.26. The van der Waals surface area contributed by atoms with Crippen molar-refractivity contribution in [3.05, 3.63) is 54.5 Å². The topological polar surface area (TPSA) is 68.5 Å². The largest absolute Gasteiger partial charge is 0.433 e. The molecule has 0 atom stereocenters. The number of rotatable bonds is 5. The average molecular weight is 348 g/mol. The molecule has 0 radical (unpaired) electrons. The predicted octanol–water partition coefficient (Wildman–Crippen LogP) is 2.95. The van der Waals surface area contributed by atoms with E-state index in [-0.39, 0.29) is 11.6 Å². The molecule has 0 amide bonds. The summed E-state index contributed by atoms with van der Waals surface area (Å²) in [4.78, 5) is 15.7. The summed E-state index contributed by atoms with van der Waals surface area (Å²) in [6.07, 6.45) is 2.40. The van der Waals surface area contributed by atoms with E-state index in [9.17, 15) is 13.2 Å². The van der Waals surface area contributed by atoms with Gasteiger partial charge in [-0.25, -0.2) is 15.0 Å². The van der Waals surface area contributed by atoms with Gasteiger partial charge in [0.25, 0.3) is 0 Å². The molecule has 0 aliphatic rings. The number of imidazole rings is 1. The number of nitrogens with zero attached hydrogens (tertiary/aromatic N) is 5. The summed E-state index contributed by atoms with van der Waals surface area (Å²) in [6.45, 7) is 0.420. The Balaban J connectivity index is 1.84.